The molecule has 19 heavy (non-hydrogen) atoms. The van der Waals surface area contributed by atoms with Crippen LogP contribution < -0.4 is 5.32 Å². The Morgan fingerprint density at radius 1 is 1.26 bits per heavy atom. The molecule has 0 aliphatic heterocycles. The SMILES string of the molecule is CC(C)CN(CCCC(C)(CO)NC1CC1)C1CC1. The number of aliphatic hydroxyl groups excluding tert-OH is 1. The van der Waals surface area contributed by atoms with Crippen LogP contribution in [0.4, 0.5) is 0 Å². The second-order valence-corrected chi connectivity index (χ2v) is 7.36. The van der Waals surface area contributed by atoms with E-state index in [9.17, 15) is 5.11 Å². The summed E-state index contributed by atoms with van der Waals surface area (Å²) in [5.74, 6) is 0.759. The fraction of sp³-hybridized carbons (Fsp3) is 1.00. The average Bonchev–Trinajstić information content (AvgIpc) is 3.21. The summed E-state index contributed by atoms with van der Waals surface area (Å²) in [5.41, 5.74) is -0.0613. The van der Waals surface area contributed by atoms with Crippen LogP contribution >= 0.6 is 0 Å². The van der Waals surface area contributed by atoms with Crippen molar-refractivity contribution in [3.63, 3.8) is 0 Å². The monoisotopic (exact) mass is 268 g/mol. The van der Waals surface area contributed by atoms with Crippen LogP contribution in [0.5, 0.6) is 0 Å². The molecule has 0 aromatic heterocycles. The molecule has 2 aliphatic rings. The zero-order chi connectivity index (χ0) is 13.9. The minimum Gasteiger partial charge on any atom is -0.394 e. The number of hydrogen-bond acceptors (Lipinski definition) is 3. The number of rotatable bonds is 10. The Balaban J connectivity index is 1.70. The number of nitrogens with one attached hydrogen (secondary N) is 1. The van der Waals surface area contributed by atoms with Crippen molar-refractivity contribution in [3.8, 4) is 0 Å². The van der Waals surface area contributed by atoms with Crippen LogP contribution in [-0.4, -0.2) is 47.3 Å². The molecule has 0 spiro atoms. The van der Waals surface area contributed by atoms with Crippen molar-refractivity contribution >= 4 is 0 Å². The lowest BCUT2D eigenvalue weighted by atomic mass is 9.96. The smallest absolute Gasteiger partial charge is 0.0610 e. The lowest BCUT2D eigenvalue weighted by molar-refractivity contribution is 0.151. The first-order valence-corrected chi connectivity index (χ1v) is 8.15. The van der Waals surface area contributed by atoms with Gasteiger partial charge >= 0.3 is 0 Å². The predicted octanol–water partition coefficient (Wildman–Crippen LogP) is 2.39. The first-order valence-electron chi connectivity index (χ1n) is 8.15. The van der Waals surface area contributed by atoms with Crippen LogP contribution in [0.3, 0.4) is 0 Å². The normalized spacial score (nSPS) is 23.1. The zero-order valence-electron chi connectivity index (χ0n) is 13.0. The molecular weight excluding hydrogens is 236 g/mol. The topological polar surface area (TPSA) is 35.5 Å². The van der Waals surface area contributed by atoms with E-state index in [-0.39, 0.29) is 12.1 Å². The number of hydrogen-bond donors (Lipinski definition) is 2. The largest absolute Gasteiger partial charge is 0.394 e. The minimum absolute atomic E-state index is 0.0613. The van der Waals surface area contributed by atoms with Crippen molar-refractivity contribution in [1.29, 1.82) is 0 Å². The van der Waals surface area contributed by atoms with Crippen molar-refractivity contribution in [2.24, 2.45) is 5.92 Å². The molecule has 2 N–H and O–H groups in total. The van der Waals surface area contributed by atoms with Gasteiger partial charge in [0.05, 0.1) is 6.61 Å². The van der Waals surface area contributed by atoms with Crippen molar-refractivity contribution < 1.29 is 5.11 Å². The standard InChI is InChI=1S/C16H32N2O/c1-13(2)11-18(15-7-8-15)10-4-9-16(3,12-19)17-14-5-6-14/h13-15,17,19H,4-12H2,1-3H3. The molecule has 0 aromatic carbocycles. The molecule has 3 heteroatoms. The summed E-state index contributed by atoms with van der Waals surface area (Å²) in [4.78, 5) is 2.67. The van der Waals surface area contributed by atoms with Crippen LogP contribution in [0, 0.1) is 5.92 Å². The molecule has 3 nitrogen and oxygen atoms in total. The van der Waals surface area contributed by atoms with Crippen molar-refractivity contribution in [2.75, 3.05) is 19.7 Å². The summed E-state index contributed by atoms with van der Waals surface area (Å²) in [6.45, 7) is 9.48. The Bertz CT molecular complexity index is 274. The molecule has 0 aromatic rings. The highest BCUT2D eigenvalue weighted by atomic mass is 16.3. The van der Waals surface area contributed by atoms with E-state index in [4.69, 9.17) is 0 Å². The summed E-state index contributed by atoms with van der Waals surface area (Å²) < 4.78 is 0. The Labute approximate surface area is 118 Å². The fourth-order valence-electron chi connectivity index (χ4n) is 2.92. The number of nitrogens with zero attached hydrogens (tertiary/aromatic N) is 1. The van der Waals surface area contributed by atoms with E-state index in [0.29, 0.717) is 6.04 Å². The molecule has 1 unspecified atom stereocenters. The maximum atomic E-state index is 9.62. The van der Waals surface area contributed by atoms with Crippen molar-refractivity contribution in [3.05, 3.63) is 0 Å². The van der Waals surface area contributed by atoms with E-state index in [1.807, 2.05) is 0 Å². The van der Waals surface area contributed by atoms with Gasteiger partial charge in [-0.05, 0) is 57.9 Å². The van der Waals surface area contributed by atoms with Gasteiger partial charge in [-0.1, -0.05) is 13.8 Å². The Hall–Kier alpha value is -0.120. The summed E-state index contributed by atoms with van der Waals surface area (Å²) in [5, 5.41) is 13.2. The van der Waals surface area contributed by atoms with E-state index >= 15 is 0 Å². The lowest BCUT2D eigenvalue weighted by Gasteiger charge is -2.31. The molecule has 2 saturated carbocycles. The summed E-state index contributed by atoms with van der Waals surface area (Å²) in [7, 11) is 0. The molecule has 2 fully saturated rings. The average molecular weight is 268 g/mol. The van der Waals surface area contributed by atoms with Crippen molar-refractivity contribution in [2.45, 2.75) is 76.9 Å². The van der Waals surface area contributed by atoms with Gasteiger partial charge in [0.15, 0.2) is 0 Å². The minimum atomic E-state index is -0.0613. The van der Waals surface area contributed by atoms with Gasteiger partial charge in [-0.2, -0.15) is 0 Å². The summed E-state index contributed by atoms with van der Waals surface area (Å²) in [6.07, 6.45) is 7.64. The Kier molecular flexibility index (Phi) is 5.27. The second-order valence-electron chi connectivity index (χ2n) is 7.36. The van der Waals surface area contributed by atoms with Crippen LogP contribution in [0.1, 0.15) is 59.3 Å². The van der Waals surface area contributed by atoms with Gasteiger partial charge in [0.25, 0.3) is 0 Å². The highest BCUT2D eigenvalue weighted by molar-refractivity contribution is 4.93. The maximum absolute atomic E-state index is 9.62. The van der Waals surface area contributed by atoms with E-state index in [2.05, 4.69) is 31.0 Å². The molecule has 0 radical (unpaired) electrons. The van der Waals surface area contributed by atoms with Crippen LogP contribution in [0.2, 0.25) is 0 Å². The second kappa shape index (κ2) is 6.55. The highest BCUT2D eigenvalue weighted by Gasteiger charge is 2.33. The van der Waals surface area contributed by atoms with Gasteiger partial charge in [0, 0.05) is 24.2 Å². The molecule has 0 heterocycles. The van der Waals surface area contributed by atoms with Crippen LogP contribution in [-0.2, 0) is 0 Å². The van der Waals surface area contributed by atoms with Gasteiger partial charge in [-0.15, -0.1) is 0 Å². The lowest BCUT2D eigenvalue weighted by Crippen LogP contribution is -2.47. The fourth-order valence-corrected chi connectivity index (χ4v) is 2.92. The van der Waals surface area contributed by atoms with Crippen LogP contribution in [0.15, 0.2) is 0 Å². The molecule has 1 atom stereocenters. The van der Waals surface area contributed by atoms with Crippen LogP contribution in [0.25, 0.3) is 0 Å². The van der Waals surface area contributed by atoms with E-state index in [1.165, 1.54) is 45.2 Å². The van der Waals surface area contributed by atoms with Gasteiger partial charge in [-0.3, -0.25) is 0 Å². The first kappa shape index (κ1) is 15.3. The third kappa shape index (κ3) is 5.41. The summed E-state index contributed by atoms with van der Waals surface area (Å²) >= 11 is 0. The molecular formula is C16H32N2O. The molecule has 0 saturated heterocycles. The number of aliphatic hydroxyl groups is 1. The summed E-state index contributed by atoms with van der Waals surface area (Å²) in [6, 6.07) is 1.53. The Morgan fingerprint density at radius 2 is 1.95 bits per heavy atom. The van der Waals surface area contributed by atoms with E-state index in [0.717, 1.165) is 18.4 Å². The van der Waals surface area contributed by atoms with E-state index < -0.39 is 0 Å². The molecule has 0 amide bonds. The third-order valence-corrected chi connectivity index (χ3v) is 4.32. The van der Waals surface area contributed by atoms with Crippen molar-refractivity contribution in [1.82, 2.24) is 10.2 Å². The predicted molar refractivity (Wildman–Crippen MR) is 80.3 cm³/mol. The molecule has 0 bridgehead atoms. The van der Waals surface area contributed by atoms with Gasteiger partial charge < -0.3 is 15.3 Å². The Morgan fingerprint density at radius 3 is 2.42 bits per heavy atom. The quantitative estimate of drug-likeness (QED) is 0.638. The maximum Gasteiger partial charge on any atom is 0.0610 e. The molecule has 112 valence electrons. The van der Waals surface area contributed by atoms with Gasteiger partial charge in [-0.25, -0.2) is 0 Å². The molecule has 2 aliphatic carbocycles. The zero-order valence-corrected chi connectivity index (χ0v) is 13.0. The third-order valence-electron chi connectivity index (χ3n) is 4.32. The first-order chi connectivity index (χ1) is 9.02. The van der Waals surface area contributed by atoms with Gasteiger partial charge in [0.2, 0.25) is 0 Å². The van der Waals surface area contributed by atoms with E-state index in [1.54, 1.807) is 0 Å². The molecule has 2 rings (SSSR count). The van der Waals surface area contributed by atoms with Gasteiger partial charge in [0.1, 0.15) is 0 Å². The highest BCUT2D eigenvalue weighted by Crippen LogP contribution is 2.29.